The minimum Gasteiger partial charge on any atom is -0.508 e. The van der Waals surface area contributed by atoms with Crippen LogP contribution in [-0.2, 0) is 25.5 Å². The fourth-order valence-corrected chi connectivity index (χ4v) is 2.39. The molecule has 24 heavy (non-hydrogen) atoms. The van der Waals surface area contributed by atoms with Gasteiger partial charge in [-0.3, -0.25) is 14.9 Å². The van der Waals surface area contributed by atoms with E-state index in [0.29, 0.717) is 5.69 Å². The van der Waals surface area contributed by atoms with Crippen molar-refractivity contribution >= 4 is 34.3 Å². The number of carbonyl (C=O) groups excluding carboxylic acids is 3. The molecule has 0 spiro atoms. The second-order valence-electron chi connectivity index (χ2n) is 4.57. The Labute approximate surface area is 141 Å². The summed E-state index contributed by atoms with van der Waals surface area (Å²) in [5.74, 6) is -1.80. The lowest BCUT2D eigenvalue weighted by molar-refractivity contribution is -0.139. The van der Waals surface area contributed by atoms with Gasteiger partial charge in [0.05, 0.1) is 24.8 Å². The maximum Gasteiger partial charge on any atom is 0.338 e. The maximum absolute atomic E-state index is 11.7. The number of aromatic hydroxyl groups is 1. The van der Waals surface area contributed by atoms with Gasteiger partial charge < -0.3 is 14.6 Å². The van der Waals surface area contributed by atoms with Crippen molar-refractivity contribution in [1.29, 1.82) is 0 Å². The zero-order chi connectivity index (χ0) is 17.5. The second kappa shape index (κ2) is 8.06. The van der Waals surface area contributed by atoms with E-state index in [1.807, 2.05) is 0 Å². The molecule has 1 amide bonds. The van der Waals surface area contributed by atoms with Gasteiger partial charge in [-0.25, -0.2) is 9.78 Å². The lowest BCUT2D eigenvalue weighted by Gasteiger charge is -2.05. The van der Waals surface area contributed by atoms with Crippen LogP contribution < -0.4 is 5.32 Å². The first-order chi connectivity index (χ1) is 11.5. The quantitative estimate of drug-likeness (QED) is 0.756. The van der Waals surface area contributed by atoms with Crippen LogP contribution in [0.4, 0.5) is 5.13 Å². The topological polar surface area (TPSA) is 115 Å². The van der Waals surface area contributed by atoms with Gasteiger partial charge in [0.2, 0.25) is 0 Å². The highest BCUT2D eigenvalue weighted by Gasteiger charge is 2.13. The molecule has 8 nitrogen and oxygen atoms in total. The number of ether oxygens (including phenoxy) is 2. The molecule has 2 N–H and O–H groups in total. The Morgan fingerprint density at radius 1 is 1.33 bits per heavy atom. The summed E-state index contributed by atoms with van der Waals surface area (Å²) in [6.45, 7) is -0.500. The summed E-state index contributed by atoms with van der Waals surface area (Å²) in [6, 6.07) is 5.60. The summed E-state index contributed by atoms with van der Waals surface area (Å²) < 4.78 is 9.37. The van der Waals surface area contributed by atoms with Gasteiger partial charge in [-0.2, -0.15) is 0 Å². The Hall–Kier alpha value is -2.94. The molecule has 0 aliphatic carbocycles. The number of nitrogens with zero attached hydrogens (tertiary/aromatic N) is 1. The molecule has 0 atom stereocenters. The number of phenols is 1. The number of hydrogen-bond acceptors (Lipinski definition) is 8. The molecule has 0 fully saturated rings. The Morgan fingerprint density at radius 3 is 2.83 bits per heavy atom. The van der Waals surface area contributed by atoms with Crippen molar-refractivity contribution in [2.75, 3.05) is 19.0 Å². The highest BCUT2D eigenvalue weighted by molar-refractivity contribution is 7.13. The third-order valence-electron chi connectivity index (χ3n) is 2.77. The summed E-state index contributed by atoms with van der Waals surface area (Å²) in [7, 11) is 1.28. The van der Waals surface area contributed by atoms with Gasteiger partial charge >= 0.3 is 11.9 Å². The van der Waals surface area contributed by atoms with Crippen LogP contribution in [0, 0.1) is 0 Å². The molecule has 126 valence electrons. The fourth-order valence-electron chi connectivity index (χ4n) is 1.67. The minimum absolute atomic E-state index is 0.00928. The van der Waals surface area contributed by atoms with Gasteiger partial charge in [0, 0.05) is 5.38 Å². The summed E-state index contributed by atoms with van der Waals surface area (Å²) in [5.41, 5.74) is 0.608. The number of nitrogens with one attached hydrogen (secondary N) is 1. The number of benzene rings is 1. The zero-order valence-electron chi connectivity index (χ0n) is 12.6. The molecule has 0 saturated heterocycles. The number of aromatic nitrogens is 1. The SMILES string of the molecule is COC(=O)Cc1csc(NC(=O)COC(=O)c2cccc(O)c2)n1. The van der Waals surface area contributed by atoms with E-state index < -0.39 is 24.5 Å². The van der Waals surface area contributed by atoms with Crippen LogP contribution in [0.15, 0.2) is 29.6 Å². The van der Waals surface area contributed by atoms with Crippen molar-refractivity contribution < 1.29 is 29.0 Å². The molecular weight excluding hydrogens is 336 g/mol. The standard InChI is InChI=1S/C15H14N2O6S/c1-22-13(20)6-10-8-24-15(16-10)17-12(19)7-23-14(21)9-3-2-4-11(18)5-9/h2-5,8,18H,6-7H2,1H3,(H,16,17,19). The third-order valence-corrected chi connectivity index (χ3v) is 3.57. The van der Waals surface area contributed by atoms with Crippen molar-refractivity contribution in [3.8, 4) is 5.75 Å². The van der Waals surface area contributed by atoms with E-state index in [-0.39, 0.29) is 22.9 Å². The molecule has 0 saturated carbocycles. The number of rotatable bonds is 6. The van der Waals surface area contributed by atoms with Crippen LogP contribution in [0.5, 0.6) is 5.75 Å². The first kappa shape index (κ1) is 17.4. The largest absolute Gasteiger partial charge is 0.508 e. The molecule has 0 unspecified atom stereocenters. The normalized spacial score (nSPS) is 10.0. The highest BCUT2D eigenvalue weighted by Crippen LogP contribution is 2.16. The highest BCUT2D eigenvalue weighted by atomic mass is 32.1. The number of carbonyl (C=O) groups is 3. The Kier molecular flexibility index (Phi) is 5.85. The zero-order valence-corrected chi connectivity index (χ0v) is 13.5. The van der Waals surface area contributed by atoms with Gasteiger partial charge in [-0.05, 0) is 18.2 Å². The van der Waals surface area contributed by atoms with Gasteiger partial charge in [-0.1, -0.05) is 6.07 Å². The van der Waals surface area contributed by atoms with Crippen molar-refractivity contribution in [3.63, 3.8) is 0 Å². The van der Waals surface area contributed by atoms with Crippen molar-refractivity contribution in [2.24, 2.45) is 0 Å². The summed E-state index contributed by atoms with van der Waals surface area (Å²) in [5, 5.41) is 13.7. The summed E-state index contributed by atoms with van der Waals surface area (Å²) in [6.07, 6.45) is 0.00928. The van der Waals surface area contributed by atoms with E-state index in [9.17, 15) is 19.5 Å². The average molecular weight is 350 g/mol. The van der Waals surface area contributed by atoms with E-state index in [1.165, 1.54) is 31.4 Å². The van der Waals surface area contributed by atoms with Crippen LogP contribution >= 0.6 is 11.3 Å². The van der Waals surface area contributed by atoms with E-state index in [2.05, 4.69) is 15.0 Å². The molecule has 0 bridgehead atoms. The van der Waals surface area contributed by atoms with Crippen molar-refractivity contribution in [3.05, 3.63) is 40.9 Å². The minimum atomic E-state index is -0.730. The molecule has 0 aliphatic rings. The molecule has 0 radical (unpaired) electrons. The van der Waals surface area contributed by atoms with Crippen molar-refractivity contribution in [1.82, 2.24) is 4.98 Å². The van der Waals surface area contributed by atoms with Crippen LogP contribution in [0.2, 0.25) is 0 Å². The summed E-state index contributed by atoms with van der Waals surface area (Å²) >= 11 is 1.14. The molecular formula is C15H14N2O6S. The lowest BCUT2D eigenvalue weighted by Crippen LogP contribution is -2.20. The number of amides is 1. The Bertz CT molecular complexity index is 758. The number of anilines is 1. The molecule has 1 heterocycles. The molecule has 2 rings (SSSR count). The number of hydrogen-bond donors (Lipinski definition) is 2. The second-order valence-corrected chi connectivity index (χ2v) is 5.43. The first-order valence-electron chi connectivity index (χ1n) is 6.75. The van der Waals surface area contributed by atoms with Crippen LogP contribution in [0.3, 0.4) is 0 Å². The monoisotopic (exact) mass is 350 g/mol. The molecule has 1 aromatic carbocycles. The molecule has 1 aromatic heterocycles. The molecule has 9 heteroatoms. The fraction of sp³-hybridized carbons (Fsp3) is 0.200. The third kappa shape index (κ3) is 5.06. The predicted molar refractivity (Wildman–Crippen MR) is 84.9 cm³/mol. The first-order valence-corrected chi connectivity index (χ1v) is 7.63. The molecule has 2 aromatic rings. The molecule has 0 aliphatic heterocycles. The van der Waals surface area contributed by atoms with Gasteiger partial charge in [0.25, 0.3) is 5.91 Å². The van der Waals surface area contributed by atoms with Gasteiger partial charge in [0.1, 0.15) is 5.75 Å². The van der Waals surface area contributed by atoms with Crippen molar-refractivity contribution in [2.45, 2.75) is 6.42 Å². The van der Waals surface area contributed by atoms with E-state index >= 15 is 0 Å². The maximum atomic E-state index is 11.7. The predicted octanol–water partition coefficient (Wildman–Crippen LogP) is 1.36. The number of thiazole rings is 1. The Balaban J connectivity index is 1.83. The number of esters is 2. The van der Waals surface area contributed by atoms with Crippen LogP contribution in [-0.4, -0.2) is 41.7 Å². The smallest absolute Gasteiger partial charge is 0.338 e. The van der Waals surface area contributed by atoms with E-state index in [0.717, 1.165) is 11.3 Å². The van der Waals surface area contributed by atoms with Crippen LogP contribution in [0.1, 0.15) is 16.1 Å². The van der Waals surface area contributed by atoms with Crippen LogP contribution in [0.25, 0.3) is 0 Å². The lowest BCUT2D eigenvalue weighted by atomic mass is 10.2. The number of methoxy groups -OCH3 is 1. The van der Waals surface area contributed by atoms with E-state index in [1.54, 1.807) is 5.38 Å². The Morgan fingerprint density at radius 2 is 2.12 bits per heavy atom. The van der Waals surface area contributed by atoms with Gasteiger partial charge in [-0.15, -0.1) is 11.3 Å². The average Bonchev–Trinajstić information content (AvgIpc) is 2.99. The number of phenolic OH excluding ortho intramolecular Hbond substituents is 1. The summed E-state index contributed by atoms with van der Waals surface area (Å²) in [4.78, 5) is 38.7. The van der Waals surface area contributed by atoms with E-state index in [4.69, 9.17) is 4.74 Å². The van der Waals surface area contributed by atoms with Gasteiger partial charge in [0.15, 0.2) is 11.7 Å².